The summed E-state index contributed by atoms with van der Waals surface area (Å²) in [5.74, 6) is 0.368. The fraction of sp³-hybridized carbons (Fsp3) is 0.467. The van der Waals surface area contributed by atoms with Gasteiger partial charge < -0.3 is 15.5 Å². The summed E-state index contributed by atoms with van der Waals surface area (Å²) in [6.45, 7) is 1.98. The standard InChI is InChI=1S/C15H21N3OS/c1-17-8-6-11(7-9-17)14(19)12-4-3-5-13(10-12)18(2)15(16)20/h3-5,10-11H,6-9H2,1-2H3,(H2,16,20). The van der Waals surface area contributed by atoms with Gasteiger partial charge in [0.1, 0.15) is 0 Å². The average Bonchev–Trinajstić information content (AvgIpc) is 2.46. The van der Waals surface area contributed by atoms with Gasteiger partial charge in [0, 0.05) is 24.2 Å². The number of likely N-dealkylation sites (tertiary alicyclic amines) is 1. The Morgan fingerprint density at radius 3 is 2.65 bits per heavy atom. The van der Waals surface area contributed by atoms with E-state index in [2.05, 4.69) is 11.9 Å². The van der Waals surface area contributed by atoms with Gasteiger partial charge in [-0.2, -0.15) is 0 Å². The van der Waals surface area contributed by atoms with Crippen molar-refractivity contribution in [1.82, 2.24) is 4.90 Å². The molecule has 0 amide bonds. The zero-order chi connectivity index (χ0) is 14.7. The van der Waals surface area contributed by atoms with Crippen molar-refractivity contribution >= 4 is 28.8 Å². The van der Waals surface area contributed by atoms with E-state index in [0.717, 1.165) is 37.2 Å². The summed E-state index contributed by atoms with van der Waals surface area (Å²) in [6.07, 6.45) is 1.87. The van der Waals surface area contributed by atoms with Crippen LogP contribution in [0.15, 0.2) is 24.3 Å². The Morgan fingerprint density at radius 1 is 1.40 bits per heavy atom. The highest BCUT2D eigenvalue weighted by Gasteiger charge is 2.24. The van der Waals surface area contributed by atoms with Crippen LogP contribution < -0.4 is 10.6 Å². The number of carbonyl (C=O) groups excluding carboxylic acids is 1. The van der Waals surface area contributed by atoms with E-state index >= 15 is 0 Å². The molecule has 0 radical (unpaired) electrons. The molecule has 1 saturated heterocycles. The van der Waals surface area contributed by atoms with Crippen LogP contribution in [0, 0.1) is 5.92 Å². The number of rotatable bonds is 3. The Kier molecular flexibility index (Phi) is 4.73. The molecule has 0 aromatic heterocycles. The van der Waals surface area contributed by atoms with Crippen molar-refractivity contribution < 1.29 is 4.79 Å². The van der Waals surface area contributed by atoms with Crippen LogP contribution in [-0.4, -0.2) is 43.0 Å². The van der Waals surface area contributed by atoms with Gasteiger partial charge in [0.05, 0.1) is 0 Å². The molecule has 1 aromatic carbocycles. The first-order chi connectivity index (χ1) is 9.49. The van der Waals surface area contributed by atoms with Gasteiger partial charge in [-0.15, -0.1) is 0 Å². The lowest BCUT2D eigenvalue weighted by Crippen LogP contribution is -2.34. The number of Topliss-reactive ketones (excluding diaryl/α,β-unsaturated/α-hetero) is 1. The molecule has 0 bridgehead atoms. The normalized spacial score (nSPS) is 16.9. The number of ketones is 1. The molecule has 0 saturated carbocycles. The van der Waals surface area contributed by atoms with E-state index in [4.69, 9.17) is 18.0 Å². The zero-order valence-electron chi connectivity index (χ0n) is 12.0. The highest BCUT2D eigenvalue weighted by molar-refractivity contribution is 7.80. The van der Waals surface area contributed by atoms with E-state index in [1.165, 1.54) is 0 Å². The van der Waals surface area contributed by atoms with Gasteiger partial charge in [-0.1, -0.05) is 12.1 Å². The lowest BCUT2D eigenvalue weighted by molar-refractivity contribution is 0.0857. The van der Waals surface area contributed by atoms with Crippen molar-refractivity contribution in [3.63, 3.8) is 0 Å². The quantitative estimate of drug-likeness (QED) is 0.681. The summed E-state index contributed by atoms with van der Waals surface area (Å²) in [7, 11) is 3.90. The summed E-state index contributed by atoms with van der Waals surface area (Å²) in [5.41, 5.74) is 7.23. The van der Waals surface area contributed by atoms with Crippen LogP contribution in [0.1, 0.15) is 23.2 Å². The van der Waals surface area contributed by atoms with Crippen molar-refractivity contribution in [3.8, 4) is 0 Å². The Hall–Kier alpha value is -1.46. The Bertz CT molecular complexity index is 510. The van der Waals surface area contributed by atoms with Crippen LogP contribution in [0.3, 0.4) is 0 Å². The minimum atomic E-state index is 0.136. The maximum atomic E-state index is 12.5. The molecule has 0 atom stereocenters. The largest absolute Gasteiger partial charge is 0.376 e. The summed E-state index contributed by atoms with van der Waals surface area (Å²) < 4.78 is 0. The third kappa shape index (κ3) is 3.35. The minimum absolute atomic E-state index is 0.136. The molecule has 0 aliphatic carbocycles. The summed E-state index contributed by atoms with van der Waals surface area (Å²) in [6, 6.07) is 7.54. The van der Waals surface area contributed by atoms with Gasteiger partial charge in [0.2, 0.25) is 0 Å². The average molecular weight is 291 g/mol. The number of carbonyl (C=O) groups is 1. The van der Waals surface area contributed by atoms with Crippen LogP contribution in [0.4, 0.5) is 5.69 Å². The SMILES string of the molecule is CN1CCC(C(=O)c2cccc(N(C)C(N)=S)c2)CC1. The highest BCUT2D eigenvalue weighted by atomic mass is 32.1. The summed E-state index contributed by atoms with van der Waals surface area (Å²) in [4.78, 5) is 16.5. The molecular weight excluding hydrogens is 270 g/mol. The summed E-state index contributed by atoms with van der Waals surface area (Å²) in [5, 5.41) is 0.300. The molecule has 5 heteroatoms. The van der Waals surface area contributed by atoms with E-state index in [0.29, 0.717) is 5.11 Å². The number of nitrogens with zero attached hydrogens (tertiary/aromatic N) is 2. The molecule has 20 heavy (non-hydrogen) atoms. The molecule has 1 aliphatic heterocycles. The first-order valence-corrected chi connectivity index (χ1v) is 7.26. The van der Waals surface area contributed by atoms with Crippen LogP contribution in [0.5, 0.6) is 0 Å². The number of nitrogens with two attached hydrogens (primary N) is 1. The Morgan fingerprint density at radius 2 is 2.05 bits per heavy atom. The van der Waals surface area contributed by atoms with E-state index in [9.17, 15) is 4.79 Å². The molecule has 1 heterocycles. The van der Waals surface area contributed by atoms with Gasteiger partial charge in [-0.05, 0) is 57.3 Å². The fourth-order valence-electron chi connectivity index (χ4n) is 2.50. The van der Waals surface area contributed by atoms with Crippen molar-refractivity contribution in [1.29, 1.82) is 0 Å². The molecular formula is C15H21N3OS. The van der Waals surface area contributed by atoms with Gasteiger partial charge in [0.15, 0.2) is 10.9 Å². The number of piperidine rings is 1. The van der Waals surface area contributed by atoms with E-state index < -0.39 is 0 Å². The maximum absolute atomic E-state index is 12.5. The van der Waals surface area contributed by atoms with Gasteiger partial charge in [-0.25, -0.2) is 0 Å². The Labute approximate surface area is 125 Å². The lowest BCUT2D eigenvalue weighted by Gasteiger charge is -2.28. The number of benzene rings is 1. The van der Waals surface area contributed by atoms with Crippen molar-refractivity contribution in [2.75, 3.05) is 32.1 Å². The topological polar surface area (TPSA) is 49.6 Å². The fourth-order valence-corrected chi connectivity index (χ4v) is 2.61. The van der Waals surface area contributed by atoms with Crippen LogP contribution in [0.25, 0.3) is 0 Å². The molecule has 2 N–H and O–H groups in total. The highest BCUT2D eigenvalue weighted by Crippen LogP contribution is 2.23. The monoisotopic (exact) mass is 291 g/mol. The van der Waals surface area contributed by atoms with Crippen molar-refractivity contribution in [2.24, 2.45) is 11.7 Å². The minimum Gasteiger partial charge on any atom is -0.376 e. The third-order valence-corrected chi connectivity index (χ3v) is 4.21. The van der Waals surface area contributed by atoms with Crippen molar-refractivity contribution in [2.45, 2.75) is 12.8 Å². The molecule has 1 aromatic rings. The molecule has 0 unspecified atom stereocenters. The van der Waals surface area contributed by atoms with Gasteiger partial charge >= 0.3 is 0 Å². The third-order valence-electron chi connectivity index (χ3n) is 3.94. The second-order valence-corrected chi connectivity index (χ2v) is 5.81. The number of hydrogen-bond acceptors (Lipinski definition) is 3. The molecule has 0 spiro atoms. The molecule has 1 fully saturated rings. The van der Waals surface area contributed by atoms with Crippen molar-refractivity contribution in [3.05, 3.63) is 29.8 Å². The second-order valence-electron chi connectivity index (χ2n) is 5.39. The van der Waals surface area contributed by atoms with E-state index in [-0.39, 0.29) is 11.7 Å². The van der Waals surface area contributed by atoms with E-state index in [1.807, 2.05) is 31.3 Å². The van der Waals surface area contributed by atoms with E-state index in [1.54, 1.807) is 4.90 Å². The smallest absolute Gasteiger partial charge is 0.170 e. The first-order valence-electron chi connectivity index (χ1n) is 6.85. The summed E-state index contributed by atoms with van der Waals surface area (Å²) >= 11 is 4.96. The molecule has 2 rings (SSSR count). The Balaban J connectivity index is 2.14. The lowest BCUT2D eigenvalue weighted by atomic mass is 9.89. The number of hydrogen-bond donors (Lipinski definition) is 1. The number of thiocarbonyl (C=S) groups is 1. The first kappa shape index (κ1) is 14.9. The van der Waals surface area contributed by atoms with Gasteiger partial charge in [0.25, 0.3) is 0 Å². The van der Waals surface area contributed by atoms with Crippen LogP contribution in [-0.2, 0) is 0 Å². The number of anilines is 1. The van der Waals surface area contributed by atoms with Gasteiger partial charge in [-0.3, -0.25) is 4.79 Å². The second kappa shape index (κ2) is 6.33. The zero-order valence-corrected chi connectivity index (χ0v) is 12.8. The molecule has 108 valence electrons. The van der Waals surface area contributed by atoms with Crippen LogP contribution in [0.2, 0.25) is 0 Å². The predicted molar refractivity (Wildman–Crippen MR) is 86.2 cm³/mol. The van der Waals surface area contributed by atoms with Crippen LogP contribution >= 0.6 is 12.2 Å². The molecule has 1 aliphatic rings. The maximum Gasteiger partial charge on any atom is 0.170 e. The predicted octanol–water partition coefficient (Wildman–Crippen LogP) is 1.89. The molecule has 4 nitrogen and oxygen atoms in total.